The van der Waals surface area contributed by atoms with E-state index in [4.69, 9.17) is 0 Å². The molecule has 2 aliphatic carbocycles. The zero-order valence-electron chi connectivity index (χ0n) is 12.9. The molecule has 0 aliphatic heterocycles. The van der Waals surface area contributed by atoms with Crippen LogP contribution in [0.2, 0.25) is 0 Å². The van der Waals surface area contributed by atoms with Crippen molar-refractivity contribution in [3.63, 3.8) is 0 Å². The third-order valence-electron chi connectivity index (χ3n) is 5.62. The van der Waals surface area contributed by atoms with Crippen molar-refractivity contribution in [2.75, 3.05) is 0 Å². The van der Waals surface area contributed by atoms with Gasteiger partial charge in [-0.1, -0.05) is 26.2 Å². The number of rotatable bonds is 5. The lowest BCUT2D eigenvalue weighted by molar-refractivity contribution is -0.148. The molecule has 0 spiro atoms. The van der Waals surface area contributed by atoms with Gasteiger partial charge < -0.3 is 5.11 Å². The minimum atomic E-state index is -0.631. The standard InChI is InChI=1S/C17H26N2O2/c1-2-13-7-9-17(11-13,16(20)21)12-14-8-10-19(18-14)15-5-3-4-6-15/h8,10,13,15H,2-7,9,11-12H2,1H3,(H,20,21). The van der Waals surface area contributed by atoms with Gasteiger partial charge >= 0.3 is 5.97 Å². The highest BCUT2D eigenvalue weighted by molar-refractivity contribution is 5.75. The zero-order chi connectivity index (χ0) is 14.9. The summed E-state index contributed by atoms with van der Waals surface area (Å²) >= 11 is 0. The third kappa shape index (κ3) is 2.85. The molecule has 0 amide bonds. The van der Waals surface area contributed by atoms with Crippen molar-refractivity contribution in [2.45, 2.75) is 70.8 Å². The quantitative estimate of drug-likeness (QED) is 0.896. The highest BCUT2D eigenvalue weighted by Gasteiger charge is 2.45. The molecule has 0 radical (unpaired) electrons. The van der Waals surface area contributed by atoms with Crippen LogP contribution in [0, 0.1) is 11.3 Å². The molecule has 2 atom stereocenters. The fraction of sp³-hybridized carbons (Fsp3) is 0.765. The van der Waals surface area contributed by atoms with E-state index in [2.05, 4.69) is 16.7 Å². The number of hydrogen-bond donors (Lipinski definition) is 1. The fourth-order valence-corrected chi connectivity index (χ4v) is 4.21. The van der Waals surface area contributed by atoms with Gasteiger partial charge in [0.1, 0.15) is 0 Å². The minimum absolute atomic E-state index is 0.534. The molecular weight excluding hydrogens is 264 g/mol. The Kier molecular flexibility index (Phi) is 4.05. The summed E-state index contributed by atoms with van der Waals surface area (Å²) in [4.78, 5) is 11.8. The first-order valence-electron chi connectivity index (χ1n) is 8.40. The maximum absolute atomic E-state index is 11.8. The Morgan fingerprint density at radius 1 is 1.43 bits per heavy atom. The Bertz CT molecular complexity index is 505. The summed E-state index contributed by atoms with van der Waals surface area (Å²) in [7, 11) is 0. The second-order valence-corrected chi connectivity index (χ2v) is 7.00. The second-order valence-electron chi connectivity index (χ2n) is 7.00. The summed E-state index contributed by atoms with van der Waals surface area (Å²) < 4.78 is 2.07. The van der Waals surface area contributed by atoms with E-state index in [0.717, 1.165) is 31.4 Å². The van der Waals surface area contributed by atoms with Crippen molar-refractivity contribution >= 4 is 5.97 Å². The van der Waals surface area contributed by atoms with E-state index in [1.54, 1.807) is 0 Å². The van der Waals surface area contributed by atoms with E-state index in [0.29, 0.717) is 18.4 Å². The lowest BCUT2D eigenvalue weighted by Crippen LogP contribution is -2.31. The molecule has 0 saturated heterocycles. The molecule has 0 bridgehead atoms. The molecule has 1 N–H and O–H groups in total. The predicted octanol–water partition coefficient (Wildman–Crippen LogP) is 3.82. The molecule has 2 saturated carbocycles. The second kappa shape index (κ2) is 5.82. The number of carboxylic acids is 1. The largest absolute Gasteiger partial charge is 0.481 e. The first-order valence-corrected chi connectivity index (χ1v) is 8.40. The van der Waals surface area contributed by atoms with Crippen LogP contribution in [0.15, 0.2) is 12.3 Å². The van der Waals surface area contributed by atoms with Gasteiger partial charge in [0.25, 0.3) is 0 Å². The average Bonchev–Trinajstić information content (AvgIpc) is 3.19. The van der Waals surface area contributed by atoms with E-state index >= 15 is 0 Å². The van der Waals surface area contributed by atoms with Crippen LogP contribution in [0.5, 0.6) is 0 Å². The van der Waals surface area contributed by atoms with Crippen LogP contribution < -0.4 is 0 Å². The molecule has 1 aromatic rings. The lowest BCUT2D eigenvalue weighted by atomic mass is 9.80. The van der Waals surface area contributed by atoms with Gasteiger partial charge in [0.15, 0.2) is 0 Å². The van der Waals surface area contributed by atoms with E-state index in [-0.39, 0.29) is 0 Å². The summed E-state index contributed by atoms with van der Waals surface area (Å²) in [5.74, 6) is -0.0631. The van der Waals surface area contributed by atoms with E-state index < -0.39 is 11.4 Å². The van der Waals surface area contributed by atoms with E-state index in [1.807, 2.05) is 12.3 Å². The van der Waals surface area contributed by atoms with Crippen LogP contribution in [0.25, 0.3) is 0 Å². The predicted molar refractivity (Wildman–Crippen MR) is 81.1 cm³/mol. The Balaban J connectivity index is 1.73. The zero-order valence-corrected chi connectivity index (χ0v) is 12.9. The maximum atomic E-state index is 11.8. The Hall–Kier alpha value is -1.32. The number of aromatic nitrogens is 2. The topological polar surface area (TPSA) is 55.1 Å². The van der Waals surface area contributed by atoms with Gasteiger partial charge in [0.2, 0.25) is 0 Å². The molecule has 0 aromatic carbocycles. The summed E-state index contributed by atoms with van der Waals surface area (Å²) in [6.45, 7) is 2.16. The maximum Gasteiger partial charge on any atom is 0.310 e. The number of carboxylic acid groups (broad SMARTS) is 1. The SMILES string of the molecule is CCC1CCC(Cc2ccn(C3CCCC3)n2)(C(=O)O)C1. The number of aliphatic carboxylic acids is 1. The first kappa shape index (κ1) is 14.6. The van der Waals surface area contributed by atoms with Crippen LogP contribution in [0.1, 0.15) is 70.0 Å². The molecule has 2 aliphatic rings. The number of nitrogens with zero attached hydrogens (tertiary/aromatic N) is 2. The van der Waals surface area contributed by atoms with Gasteiger partial charge in [-0.2, -0.15) is 5.10 Å². The van der Waals surface area contributed by atoms with Crippen molar-refractivity contribution in [1.82, 2.24) is 9.78 Å². The van der Waals surface area contributed by atoms with E-state index in [9.17, 15) is 9.90 Å². The fourth-order valence-electron chi connectivity index (χ4n) is 4.21. The molecule has 4 heteroatoms. The highest BCUT2D eigenvalue weighted by Crippen LogP contribution is 2.45. The average molecular weight is 290 g/mol. The molecular formula is C17H26N2O2. The highest BCUT2D eigenvalue weighted by atomic mass is 16.4. The monoisotopic (exact) mass is 290 g/mol. The molecule has 2 fully saturated rings. The van der Waals surface area contributed by atoms with Crippen LogP contribution in [-0.4, -0.2) is 20.9 Å². The smallest absolute Gasteiger partial charge is 0.310 e. The van der Waals surface area contributed by atoms with Gasteiger partial charge in [0.05, 0.1) is 17.2 Å². The Morgan fingerprint density at radius 3 is 2.81 bits per heavy atom. The summed E-state index contributed by atoms with van der Waals surface area (Å²) in [6, 6.07) is 2.56. The Morgan fingerprint density at radius 2 is 2.19 bits per heavy atom. The van der Waals surface area contributed by atoms with Crippen LogP contribution in [0.3, 0.4) is 0 Å². The van der Waals surface area contributed by atoms with Crippen LogP contribution in [-0.2, 0) is 11.2 Å². The molecule has 116 valence electrons. The Labute approximate surface area is 126 Å². The summed E-state index contributed by atoms with van der Waals surface area (Å²) in [5.41, 5.74) is 0.385. The summed E-state index contributed by atoms with van der Waals surface area (Å²) in [6.07, 6.45) is 11.4. The van der Waals surface area contributed by atoms with Gasteiger partial charge in [-0.3, -0.25) is 9.48 Å². The molecule has 2 unspecified atom stereocenters. The molecule has 3 rings (SSSR count). The minimum Gasteiger partial charge on any atom is -0.481 e. The number of hydrogen-bond acceptors (Lipinski definition) is 2. The molecule has 1 aromatic heterocycles. The van der Waals surface area contributed by atoms with Crippen LogP contribution in [0.4, 0.5) is 0 Å². The van der Waals surface area contributed by atoms with Gasteiger partial charge in [-0.15, -0.1) is 0 Å². The molecule has 1 heterocycles. The van der Waals surface area contributed by atoms with Crippen LogP contribution >= 0.6 is 0 Å². The van der Waals surface area contributed by atoms with Crippen molar-refractivity contribution in [2.24, 2.45) is 11.3 Å². The van der Waals surface area contributed by atoms with Gasteiger partial charge in [-0.05, 0) is 44.1 Å². The summed E-state index contributed by atoms with van der Waals surface area (Å²) in [5, 5.41) is 14.4. The van der Waals surface area contributed by atoms with Gasteiger partial charge in [0, 0.05) is 12.6 Å². The van der Waals surface area contributed by atoms with E-state index in [1.165, 1.54) is 25.7 Å². The number of carbonyl (C=O) groups is 1. The lowest BCUT2D eigenvalue weighted by Gasteiger charge is -2.23. The van der Waals surface area contributed by atoms with Crippen molar-refractivity contribution in [3.8, 4) is 0 Å². The normalized spacial score (nSPS) is 30.0. The molecule has 21 heavy (non-hydrogen) atoms. The van der Waals surface area contributed by atoms with Gasteiger partial charge in [-0.25, -0.2) is 0 Å². The molecule has 4 nitrogen and oxygen atoms in total. The first-order chi connectivity index (χ1) is 10.1. The van der Waals surface area contributed by atoms with Crippen molar-refractivity contribution in [3.05, 3.63) is 18.0 Å². The van der Waals surface area contributed by atoms with Crippen molar-refractivity contribution in [1.29, 1.82) is 0 Å². The third-order valence-corrected chi connectivity index (χ3v) is 5.62. The van der Waals surface area contributed by atoms with Crippen molar-refractivity contribution < 1.29 is 9.90 Å².